The molecule has 0 aliphatic carbocycles. The maximum Gasteiger partial charge on any atom is 0.251 e. The number of pyridine rings is 1. The van der Waals surface area contributed by atoms with E-state index in [2.05, 4.69) is 10.3 Å². The molecule has 0 unspecified atom stereocenters. The highest BCUT2D eigenvalue weighted by molar-refractivity contribution is 6.29. The zero-order chi connectivity index (χ0) is 15.7. The van der Waals surface area contributed by atoms with E-state index in [4.69, 9.17) is 16.3 Å². The lowest BCUT2D eigenvalue weighted by Crippen LogP contribution is -2.38. The molecule has 2 N–H and O–H groups in total. The second-order valence-electron chi connectivity index (χ2n) is 5.30. The first-order valence-electron chi connectivity index (χ1n) is 6.97. The maximum atomic E-state index is 12.3. The van der Waals surface area contributed by atoms with E-state index in [0.717, 1.165) is 11.3 Å². The zero-order valence-corrected chi connectivity index (χ0v) is 12.7. The van der Waals surface area contributed by atoms with Crippen molar-refractivity contribution in [3.63, 3.8) is 0 Å². The summed E-state index contributed by atoms with van der Waals surface area (Å²) in [5, 5.41) is 3.04. The molecule has 0 saturated heterocycles. The molecule has 6 heteroatoms. The summed E-state index contributed by atoms with van der Waals surface area (Å²) >= 11 is 5.77. The molecule has 3 rings (SSSR count). The van der Waals surface area contributed by atoms with E-state index in [-0.39, 0.29) is 28.6 Å². The van der Waals surface area contributed by atoms with E-state index < -0.39 is 5.56 Å². The number of ether oxygens (including phenoxy) is 1. The lowest BCUT2D eigenvalue weighted by atomic mass is 9.94. The molecular weight excluding hydrogens is 304 g/mol. The summed E-state index contributed by atoms with van der Waals surface area (Å²) in [5.41, 5.74) is 0.923. The molecule has 0 spiro atoms. The van der Waals surface area contributed by atoms with Crippen LogP contribution in [0.5, 0.6) is 5.75 Å². The van der Waals surface area contributed by atoms with Gasteiger partial charge in [0, 0.05) is 29.2 Å². The van der Waals surface area contributed by atoms with Crippen LogP contribution in [0.3, 0.4) is 0 Å². The monoisotopic (exact) mass is 318 g/mol. The highest BCUT2D eigenvalue weighted by atomic mass is 35.5. The summed E-state index contributed by atoms with van der Waals surface area (Å²) in [6.07, 6.45) is 0. The highest BCUT2D eigenvalue weighted by Crippen LogP contribution is 2.35. The molecule has 5 nitrogen and oxygen atoms in total. The normalized spacial score (nSPS) is 17.5. The Balaban J connectivity index is 1.76. The SMILES string of the molecule is C[C@H](NC(=O)c1cc(Cl)[nH]c(=O)c1)[C@@H]1COc2ccccc21. The van der Waals surface area contributed by atoms with Gasteiger partial charge in [0.15, 0.2) is 0 Å². The van der Waals surface area contributed by atoms with Crippen LogP contribution in [0.25, 0.3) is 0 Å². The Bertz CT molecular complexity index is 772. The number of carbonyl (C=O) groups is 1. The molecule has 114 valence electrons. The zero-order valence-electron chi connectivity index (χ0n) is 11.9. The first-order valence-corrected chi connectivity index (χ1v) is 7.35. The van der Waals surface area contributed by atoms with Crippen LogP contribution in [-0.2, 0) is 0 Å². The second-order valence-corrected chi connectivity index (χ2v) is 5.71. The first kappa shape index (κ1) is 14.7. The number of carbonyl (C=O) groups excluding carboxylic acids is 1. The number of H-pyrrole nitrogens is 1. The van der Waals surface area contributed by atoms with Gasteiger partial charge in [-0.25, -0.2) is 0 Å². The molecular formula is C16H15ClN2O3. The molecule has 1 aliphatic heterocycles. The van der Waals surface area contributed by atoms with E-state index in [0.29, 0.717) is 6.61 Å². The third kappa shape index (κ3) is 2.85. The van der Waals surface area contributed by atoms with E-state index >= 15 is 0 Å². The largest absolute Gasteiger partial charge is 0.493 e. The summed E-state index contributed by atoms with van der Waals surface area (Å²) in [4.78, 5) is 26.0. The number of hydrogen-bond donors (Lipinski definition) is 2. The van der Waals surface area contributed by atoms with Gasteiger partial charge in [-0.1, -0.05) is 29.8 Å². The molecule has 0 saturated carbocycles. The van der Waals surface area contributed by atoms with Crippen molar-refractivity contribution in [1.29, 1.82) is 0 Å². The molecule has 1 aromatic carbocycles. The van der Waals surface area contributed by atoms with Gasteiger partial charge in [0.05, 0.1) is 6.61 Å². The van der Waals surface area contributed by atoms with Crippen LogP contribution in [0.4, 0.5) is 0 Å². The lowest BCUT2D eigenvalue weighted by molar-refractivity contribution is 0.0932. The Morgan fingerprint density at radius 1 is 1.41 bits per heavy atom. The van der Waals surface area contributed by atoms with Crippen molar-refractivity contribution in [2.45, 2.75) is 18.9 Å². The van der Waals surface area contributed by atoms with Crippen LogP contribution in [0.2, 0.25) is 5.15 Å². The van der Waals surface area contributed by atoms with Crippen molar-refractivity contribution in [3.8, 4) is 5.75 Å². The number of halogens is 1. The Labute approximate surface area is 132 Å². The van der Waals surface area contributed by atoms with Crippen molar-refractivity contribution < 1.29 is 9.53 Å². The van der Waals surface area contributed by atoms with Gasteiger partial charge in [-0.3, -0.25) is 9.59 Å². The van der Waals surface area contributed by atoms with Gasteiger partial charge in [-0.15, -0.1) is 0 Å². The molecule has 0 bridgehead atoms. The Hall–Kier alpha value is -2.27. The lowest BCUT2D eigenvalue weighted by Gasteiger charge is -2.20. The van der Waals surface area contributed by atoms with Crippen LogP contribution < -0.4 is 15.6 Å². The maximum absolute atomic E-state index is 12.3. The van der Waals surface area contributed by atoms with Crippen LogP contribution in [0.15, 0.2) is 41.2 Å². The molecule has 1 aliphatic rings. The summed E-state index contributed by atoms with van der Waals surface area (Å²) in [5.74, 6) is 0.607. The Morgan fingerprint density at radius 2 is 2.18 bits per heavy atom. The molecule has 0 radical (unpaired) electrons. The van der Waals surface area contributed by atoms with Crippen LogP contribution in [0.1, 0.15) is 28.8 Å². The number of aromatic amines is 1. The fraction of sp³-hybridized carbons (Fsp3) is 0.250. The summed E-state index contributed by atoms with van der Waals surface area (Å²) in [6, 6.07) is 10.3. The number of benzene rings is 1. The van der Waals surface area contributed by atoms with Gasteiger partial charge in [-0.2, -0.15) is 0 Å². The van der Waals surface area contributed by atoms with E-state index in [1.165, 1.54) is 12.1 Å². The number of rotatable bonds is 3. The van der Waals surface area contributed by atoms with Gasteiger partial charge >= 0.3 is 0 Å². The minimum absolute atomic E-state index is 0.0811. The number of nitrogens with one attached hydrogen (secondary N) is 2. The molecule has 2 atom stereocenters. The van der Waals surface area contributed by atoms with Gasteiger partial charge < -0.3 is 15.0 Å². The third-order valence-corrected chi connectivity index (χ3v) is 3.98. The molecule has 1 amide bonds. The smallest absolute Gasteiger partial charge is 0.251 e. The Kier molecular flexibility index (Phi) is 3.90. The summed E-state index contributed by atoms with van der Waals surface area (Å²) in [7, 11) is 0. The molecule has 2 heterocycles. The average Bonchev–Trinajstić information content (AvgIpc) is 2.90. The molecule has 1 aromatic heterocycles. The molecule has 22 heavy (non-hydrogen) atoms. The number of fused-ring (bicyclic) bond motifs is 1. The summed E-state index contributed by atoms with van der Waals surface area (Å²) in [6.45, 7) is 2.44. The predicted molar refractivity (Wildman–Crippen MR) is 83.7 cm³/mol. The topological polar surface area (TPSA) is 71.2 Å². The van der Waals surface area contributed by atoms with Crippen molar-refractivity contribution in [2.24, 2.45) is 0 Å². The Morgan fingerprint density at radius 3 is 2.95 bits per heavy atom. The fourth-order valence-corrected chi connectivity index (χ4v) is 2.84. The fourth-order valence-electron chi connectivity index (χ4n) is 2.63. The minimum Gasteiger partial charge on any atom is -0.493 e. The molecule has 2 aromatic rings. The number of para-hydroxylation sites is 1. The highest BCUT2D eigenvalue weighted by Gasteiger charge is 2.29. The van der Waals surface area contributed by atoms with Crippen LogP contribution in [-0.4, -0.2) is 23.5 Å². The van der Waals surface area contributed by atoms with Gasteiger partial charge in [0.1, 0.15) is 10.9 Å². The van der Waals surface area contributed by atoms with E-state index in [9.17, 15) is 9.59 Å². The minimum atomic E-state index is -0.403. The van der Waals surface area contributed by atoms with Gasteiger partial charge in [-0.05, 0) is 19.1 Å². The van der Waals surface area contributed by atoms with Crippen molar-refractivity contribution in [1.82, 2.24) is 10.3 Å². The molecule has 0 fully saturated rings. The first-order chi connectivity index (χ1) is 10.5. The quantitative estimate of drug-likeness (QED) is 0.853. The van der Waals surface area contributed by atoms with Crippen LogP contribution in [0, 0.1) is 0 Å². The second kappa shape index (κ2) is 5.85. The van der Waals surface area contributed by atoms with Crippen molar-refractivity contribution in [3.05, 3.63) is 63.0 Å². The van der Waals surface area contributed by atoms with Crippen molar-refractivity contribution in [2.75, 3.05) is 6.61 Å². The van der Waals surface area contributed by atoms with Crippen LogP contribution >= 0.6 is 11.6 Å². The number of aromatic nitrogens is 1. The van der Waals surface area contributed by atoms with Gasteiger partial charge in [0.25, 0.3) is 5.91 Å². The standard InChI is InChI=1S/C16H15ClN2O3/c1-9(12-8-22-13-5-3-2-4-11(12)13)18-16(21)10-6-14(17)19-15(20)7-10/h2-7,9,12H,8H2,1H3,(H,18,21)(H,19,20)/t9-,12-/m0/s1. The number of amides is 1. The summed E-state index contributed by atoms with van der Waals surface area (Å²) < 4.78 is 5.63. The third-order valence-electron chi connectivity index (χ3n) is 3.77. The average molecular weight is 319 g/mol. The van der Waals surface area contributed by atoms with E-state index in [1.807, 2.05) is 31.2 Å². The van der Waals surface area contributed by atoms with E-state index in [1.54, 1.807) is 0 Å². The predicted octanol–water partition coefficient (Wildman–Crippen LogP) is 2.32. The number of hydrogen-bond acceptors (Lipinski definition) is 3. The van der Waals surface area contributed by atoms with Gasteiger partial charge in [0.2, 0.25) is 5.56 Å². The van der Waals surface area contributed by atoms with Crippen molar-refractivity contribution >= 4 is 17.5 Å².